The minimum atomic E-state index is -7.42. The molecule has 18 heteroatoms. The molecule has 0 saturated heterocycles. The van der Waals surface area contributed by atoms with Crippen molar-refractivity contribution in [2.24, 2.45) is 0 Å². The van der Waals surface area contributed by atoms with Crippen LogP contribution in [0.2, 0.25) is 0 Å². The van der Waals surface area contributed by atoms with Crippen molar-refractivity contribution in [1.82, 2.24) is 0 Å². The van der Waals surface area contributed by atoms with Gasteiger partial charge in [0.05, 0.1) is 0 Å². The summed E-state index contributed by atoms with van der Waals surface area (Å²) in [5, 5.41) is 0. The van der Waals surface area contributed by atoms with Crippen molar-refractivity contribution in [3.05, 3.63) is 0 Å². The fourth-order valence-electron chi connectivity index (χ4n) is 0.878. The van der Waals surface area contributed by atoms with Gasteiger partial charge in [-0.25, -0.2) is 0 Å². The zero-order valence-corrected chi connectivity index (χ0v) is 13.2. The highest BCUT2D eigenvalue weighted by molar-refractivity contribution is 7.65. The van der Waals surface area contributed by atoms with Crippen LogP contribution < -0.4 is 0 Å². The minimum absolute atomic E-state index is 1.47. The summed E-state index contributed by atoms with van der Waals surface area (Å²) in [6, 6.07) is -6.21. The smallest absolute Gasteiger partial charge is 0.262 e. The Labute approximate surface area is 137 Å². The molecule has 24 heavy (non-hydrogen) atoms. The second kappa shape index (κ2) is 6.09. The van der Waals surface area contributed by atoms with Gasteiger partial charge in [-0.1, -0.05) is 0 Å². The van der Waals surface area contributed by atoms with E-state index >= 15 is 0 Å². The van der Waals surface area contributed by atoms with E-state index in [-0.39, 0.29) is 0 Å². The van der Waals surface area contributed by atoms with E-state index in [4.69, 9.17) is 0 Å². The molecule has 0 atom stereocenters. The molecule has 0 heterocycles. The number of hydrogen-bond acceptors (Lipinski definition) is 1. The van der Waals surface area contributed by atoms with Crippen LogP contribution in [-0.4, -0.2) is 41.8 Å². The van der Waals surface area contributed by atoms with Crippen molar-refractivity contribution in [1.29, 1.82) is 0 Å². The second-order valence-corrected chi connectivity index (χ2v) is 12.3. The number of halogens is 16. The van der Waals surface area contributed by atoms with E-state index in [1.54, 1.807) is 0 Å². The quantitative estimate of drug-likeness (QED) is 0.279. The van der Waals surface area contributed by atoms with E-state index in [0.717, 1.165) is 0 Å². The van der Waals surface area contributed by atoms with Gasteiger partial charge >= 0.3 is 41.8 Å². The summed E-state index contributed by atoms with van der Waals surface area (Å²) in [7, 11) is 0. The molecule has 0 aliphatic heterocycles. The van der Waals surface area contributed by atoms with Gasteiger partial charge in [0.1, 0.15) is 0 Å². The standard InChI is InChI=1S/C6Cl3F13OSi/c7-24(8,9)6(21,22)1(10,11)5(19,20)23-2(12,3(13,14)15)4(16,17)18. The van der Waals surface area contributed by atoms with Gasteiger partial charge in [0.2, 0.25) is 0 Å². The fraction of sp³-hybridized carbons (Fsp3) is 1.00. The van der Waals surface area contributed by atoms with Crippen LogP contribution in [0, 0.1) is 0 Å². The molecule has 0 N–H and O–H groups in total. The van der Waals surface area contributed by atoms with Gasteiger partial charge < -0.3 is 0 Å². The van der Waals surface area contributed by atoms with E-state index in [1.807, 2.05) is 0 Å². The van der Waals surface area contributed by atoms with Gasteiger partial charge in [0, 0.05) is 0 Å². The summed E-state index contributed by atoms with van der Waals surface area (Å²) in [6.45, 7) is 0. The third kappa shape index (κ3) is 3.78. The maximum atomic E-state index is 13.0. The maximum Gasteiger partial charge on any atom is 0.458 e. The van der Waals surface area contributed by atoms with E-state index in [0.29, 0.717) is 0 Å². The highest BCUT2D eigenvalue weighted by Gasteiger charge is 2.85. The van der Waals surface area contributed by atoms with Crippen molar-refractivity contribution in [2.45, 2.75) is 35.8 Å². The average molecular weight is 469 g/mol. The second-order valence-electron chi connectivity index (χ2n) is 3.86. The Hall–Kier alpha value is 0.137. The molecule has 0 rings (SSSR count). The first-order valence-electron chi connectivity index (χ1n) is 4.68. The molecule has 0 aliphatic carbocycles. The number of ether oxygens (including phenoxy) is 1. The monoisotopic (exact) mass is 468 g/mol. The van der Waals surface area contributed by atoms with Gasteiger partial charge in [0.15, 0.2) is 0 Å². The Kier molecular flexibility index (Phi) is 6.13. The lowest BCUT2D eigenvalue weighted by molar-refractivity contribution is -0.510. The number of hydrogen-bond donors (Lipinski definition) is 0. The molecule has 0 saturated carbocycles. The first-order valence-corrected chi connectivity index (χ1v) is 9.72. The highest BCUT2D eigenvalue weighted by atomic mass is 35.8. The molecular weight excluding hydrogens is 469 g/mol. The zero-order valence-electron chi connectivity index (χ0n) is 9.96. The van der Waals surface area contributed by atoms with Gasteiger partial charge in [-0.05, 0) is 0 Å². The van der Waals surface area contributed by atoms with Crippen LogP contribution in [0.1, 0.15) is 0 Å². The Morgan fingerprint density at radius 2 is 0.875 bits per heavy atom. The molecule has 0 aromatic rings. The SMILES string of the molecule is FC(F)(F)C(F)(OC(F)(F)C(F)(F)C(F)(F)[Si](Cl)(Cl)Cl)C(F)(F)F. The predicted octanol–water partition coefficient (Wildman–Crippen LogP) is 5.85. The third-order valence-corrected chi connectivity index (χ3v) is 5.28. The highest BCUT2D eigenvalue weighted by Crippen LogP contribution is 2.57. The minimum Gasteiger partial charge on any atom is -0.262 e. The Morgan fingerprint density at radius 1 is 0.583 bits per heavy atom. The van der Waals surface area contributed by atoms with Crippen molar-refractivity contribution in [3.8, 4) is 0 Å². The van der Waals surface area contributed by atoms with Crippen LogP contribution in [0.4, 0.5) is 57.1 Å². The van der Waals surface area contributed by atoms with Crippen LogP contribution in [0.3, 0.4) is 0 Å². The Bertz CT molecular complexity index is 452. The fourth-order valence-corrected chi connectivity index (χ4v) is 2.45. The molecule has 0 bridgehead atoms. The summed E-state index contributed by atoms with van der Waals surface area (Å²) < 4.78 is 164. The van der Waals surface area contributed by atoms with Gasteiger partial charge in [-0.2, -0.15) is 57.1 Å². The number of alkyl halides is 13. The van der Waals surface area contributed by atoms with E-state index in [9.17, 15) is 57.1 Å². The lowest BCUT2D eigenvalue weighted by Gasteiger charge is -2.38. The molecule has 0 radical (unpaired) electrons. The van der Waals surface area contributed by atoms with E-state index < -0.39 is 41.8 Å². The molecule has 1 nitrogen and oxygen atoms in total. The molecule has 146 valence electrons. The summed E-state index contributed by atoms with van der Waals surface area (Å²) >= 11 is 13.1. The molecule has 0 amide bonds. The summed E-state index contributed by atoms with van der Waals surface area (Å²) in [5.74, 6) is -14.7. The van der Waals surface area contributed by atoms with Crippen molar-refractivity contribution in [3.63, 3.8) is 0 Å². The van der Waals surface area contributed by atoms with Gasteiger partial charge in [-0.3, -0.25) is 4.74 Å². The normalized spacial score (nSPS) is 16.5. The number of rotatable bonds is 5. The van der Waals surface area contributed by atoms with E-state index in [1.165, 1.54) is 4.74 Å². The zero-order chi connectivity index (χ0) is 20.2. The third-order valence-electron chi connectivity index (χ3n) is 2.11. The van der Waals surface area contributed by atoms with Crippen LogP contribution in [0.5, 0.6) is 0 Å². The van der Waals surface area contributed by atoms with Crippen LogP contribution >= 0.6 is 33.2 Å². The average Bonchev–Trinajstić information content (AvgIpc) is 2.22. The summed E-state index contributed by atoms with van der Waals surface area (Å²) in [6.07, 6.45) is -22.2. The van der Waals surface area contributed by atoms with Crippen molar-refractivity contribution in [2.75, 3.05) is 0 Å². The largest absolute Gasteiger partial charge is 0.458 e. The van der Waals surface area contributed by atoms with Crippen LogP contribution in [0.15, 0.2) is 0 Å². The molecule has 0 aromatic heterocycles. The summed E-state index contributed by atoms with van der Waals surface area (Å²) in [4.78, 5) is 0. The molecule has 0 aliphatic rings. The van der Waals surface area contributed by atoms with Crippen molar-refractivity contribution < 1.29 is 61.8 Å². The van der Waals surface area contributed by atoms with Crippen molar-refractivity contribution >= 4 is 39.2 Å². The molecule has 0 fully saturated rings. The first kappa shape index (κ1) is 24.1. The summed E-state index contributed by atoms with van der Waals surface area (Å²) in [5.41, 5.74) is -6.44. The molecule has 0 aromatic carbocycles. The lowest BCUT2D eigenvalue weighted by atomic mass is 10.2. The van der Waals surface area contributed by atoms with Gasteiger partial charge in [0.25, 0.3) is 0 Å². The van der Waals surface area contributed by atoms with Gasteiger partial charge in [-0.15, -0.1) is 33.2 Å². The Morgan fingerprint density at radius 3 is 1.08 bits per heavy atom. The van der Waals surface area contributed by atoms with Crippen LogP contribution in [-0.2, 0) is 4.74 Å². The lowest BCUT2D eigenvalue weighted by Crippen LogP contribution is -2.67. The molecular formula is C6Cl3F13OSi. The first-order chi connectivity index (χ1) is 9.96. The maximum absolute atomic E-state index is 13.0. The molecule has 0 spiro atoms. The molecule has 0 unspecified atom stereocenters. The predicted molar refractivity (Wildman–Crippen MR) is 55.2 cm³/mol. The topological polar surface area (TPSA) is 9.23 Å². The Balaban J connectivity index is 6.17. The van der Waals surface area contributed by atoms with E-state index in [2.05, 4.69) is 33.2 Å². The van der Waals surface area contributed by atoms with Crippen LogP contribution in [0.25, 0.3) is 0 Å².